The average molecular weight is 264 g/mol. The number of nitrogens with zero attached hydrogens (tertiary/aromatic N) is 2. The van der Waals surface area contributed by atoms with E-state index in [4.69, 9.17) is 10.2 Å². The smallest absolute Gasteiger partial charge is 0.293 e. The van der Waals surface area contributed by atoms with E-state index in [2.05, 4.69) is 21.0 Å². The average Bonchev–Trinajstić information content (AvgIpc) is 2.97. The number of H-pyrrole nitrogens is 1. The molecule has 0 bridgehead atoms. The number of fused-ring (bicyclic) bond motifs is 2. The molecular weight excluding hydrogens is 252 g/mol. The zero-order chi connectivity index (χ0) is 13.7. The van der Waals surface area contributed by atoms with Gasteiger partial charge in [-0.15, -0.1) is 0 Å². The third-order valence-corrected chi connectivity index (χ3v) is 3.35. The summed E-state index contributed by atoms with van der Waals surface area (Å²) in [5, 5.41) is 0. The van der Waals surface area contributed by atoms with Crippen molar-refractivity contribution in [1.29, 1.82) is 0 Å². The highest BCUT2D eigenvalue weighted by molar-refractivity contribution is 5.94. The van der Waals surface area contributed by atoms with Crippen molar-refractivity contribution in [3.8, 4) is 11.1 Å². The van der Waals surface area contributed by atoms with Gasteiger partial charge in [0.15, 0.2) is 5.58 Å². The van der Waals surface area contributed by atoms with Gasteiger partial charge in [-0.1, -0.05) is 18.2 Å². The van der Waals surface area contributed by atoms with Gasteiger partial charge in [-0.05, 0) is 30.7 Å². The van der Waals surface area contributed by atoms with E-state index in [1.165, 1.54) is 0 Å². The third-order valence-electron chi connectivity index (χ3n) is 3.35. The fourth-order valence-electron chi connectivity index (χ4n) is 2.50. The molecule has 2 heterocycles. The molecular formula is C15H12N4O. The number of nitrogens with two attached hydrogens (primary N) is 1. The molecule has 4 aromatic rings. The number of para-hydroxylation sites is 1. The number of nitrogen functional groups attached to an aromatic ring is 1. The van der Waals surface area contributed by atoms with E-state index < -0.39 is 0 Å². The first-order valence-electron chi connectivity index (χ1n) is 6.32. The van der Waals surface area contributed by atoms with Crippen molar-refractivity contribution in [2.24, 2.45) is 0 Å². The fourth-order valence-corrected chi connectivity index (χ4v) is 2.50. The number of imidazole rings is 1. The van der Waals surface area contributed by atoms with Gasteiger partial charge in [-0.2, -0.15) is 4.98 Å². The van der Waals surface area contributed by atoms with Crippen LogP contribution in [0.4, 0.5) is 6.01 Å². The Balaban J connectivity index is 2.00. The van der Waals surface area contributed by atoms with Crippen molar-refractivity contribution < 1.29 is 4.42 Å². The first-order chi connectivity index (χ1) is 9.70. The molecule has 0 fully saturated rings. The van der Waals surface area contributed by atoms with E-state index in [0.29, 0.717) is 5.58 Å². The van der Waals surface area contributed by atoms with E-state index in [1.54, 1.807) is 0 Å². The van der Waals surface area contributed by atoms with Crippen molar-refractivity contribution in [3.63, 3.8) is 0 Å². The standard InChI is InChI=1S/C15H12N4O/c1-8-17-11-6-5-9(7-12(11)18-8)10-3-2-4-13-14(10)19-15(16)20-13/h2-7H,1H3,(H2,16,19)(H,17,18). The molecule has 5 nitrogen and oxygen atoms in total. The number of hydrogen-bond donors (Lipinski definition) is 2. The maximum absolute atomic E-state index is 5.64. The summed E-state index contributed by atoms with van der Waals surface area (Å²) in [4.78, 5) is 11.9. The first kappa shape index (κ1) is 11.0. The molecule has 0 atom stereocenters. The first-order valence-corrected chi connectivity index (χ1v) is 6.32. The molecule has 0 aliphatic heterocycles. The van der Waals surface area contributed by atoms with Gasteiger partial charge in [-0.25, -0.2) is 4.98 Å². The lowest BCUT2D eigenvalue weighted by Crippen LogP contribution is -1.83. The second kappa shape index (κ2) is 3.84. The summed E-state index contributed by atoms with van der Waals surface area (Å²) >= 11 is 0. The number of aryl methyl sites for hydroxylation is 1. The second-order valence-electron chi connectivity index (χ2n) is 4.76. The summed E-state index contributed by atoms with van der Waals surface area (Å²) in [6.07, 6.45) is 0. The van der Waals surface area contributed by atoms with E-state index in [9.17, 15) is 0 Å². The Bertz CT molecular complexity index is 936. The summed E-state index contributed by atoms with van der Waals surface area (Å²) in [5.74, 6) is 0.904. The van der Waals surface area contributed by atoms with Crippen molar-refractivity contribution in [2.75, 3.05) is 5.73 Å². The van der Waals surface area contributed by atoms with Gasteiger partial charge in [0.2, 0.25) is 0 Å². The summed E-state index contributed by atoms with van der Waals surface area (Å²) in [6, 6.07) is 12.1. The van der Waals surface area contributed by atoms with Gasteiger partial charge in [0.25, 0.3) is 6.01 Å². The van der Waals surface area contributed by atoms with Crippen LogP contribution in [0.2, 0.25) is 0 Å². The lowest BCUT2D eigenvalue weighted by molar-refractivity contribution is 0.626. The largest absolute Gasteiger partial charge is 0.424 e. The van der Waals surface area contributed by atoms with E-state index in [-0.39, 0.29) is 6.01 Å². The molecule has 20 heavy (non-hydrogen) atoms. The molecule has 0 amide bonds. The number of anilines is 1. The predicted molar refractivity (Wildman–Crippen MR) is 78.2 cm³/mol. The molecule has 0 aliphatic carbocycles. The van der Waals surface area contributed by atoms with Crippen LogP contribution in [0.25, 0.3) is 33.3 Å². The number of aromatic amines is 1. The lowest BCUT2D eigenvalue weighted by atomic mass is 10.0. The van der Waals surface area contributed by atoms with E-state index >= 15 is 0 Å². The SMILES string of the molecule is Cc1nc2ccc(-c3cccc4oc(N)nc34)cc2[nH]1. The quantitative estimate of drug-likeness (QED) is 0.553. The Kier molecular flexibility index (Phi) is 2.12. The number of hydrogen-bond acceptors (Lipinski definition) is 4. The topological polar surface area (TPSA) is 80.7 Å². The van der Waals surface area contributed by atoms with Crippen LogP contribution in [0.15, 0.2) is 40.8 Å². The maximum atomic E-state index is 5.64. The normalized spacial score (nSPS) is 11.4. The van der Waals surface area contributed by atoms with Crippen LogP contribution in [-0.4, -0.2) is 15.0 Å². The van der Waals surface area contributed by atoms with Crippen LogP contribution in [0.3, 0.4) is 0 Å². The van der Waals surface area contributed by atoms with Gasteiger partial charge >= 0.3 is 0 Å². The van der Waals surface area contributed by atoms with Gasteiger partial charge < -0.3 is 15.1 Å². The molecule has 0 radical (unpaired) electrons. The molecule has 5 heteroatoms. The highest BCUT2D eigenvalue weighted by atomic mass is 16.4. The molecule has 0 saturated carbocycles. The van der Waals surface area contributed by atoms with Crippen molar-refractivity contribution in [3.05, 3.63) is 42.2 Å². The minimum atomic E-state index is 0.186. The Labute approximate surface area is 114 Å². The van der Waals surface area contributed by atoms with E-state index in [1.807, 2.05) is 37.3 Å². The number of rotatable bonds is 1. The summed E-state index contributed by atoms with van der Waals surface area (Å²) in [6.45, 7) is 1.94. The molecule has 0 aliphatic rings. The van der Waals surface area contributed by atoms with Gasteiger partial charge in [0.05, 0.1) is 11.0 Å². The highest BCUT2D eigenvalue weighted by Crippen LogP contribution is 2.30. The lowest BCUT2D eigenvalue weighted by Gasteiger charge is -2.01. The summed E-state index contributed by atoms with van der Waals surface area (Å²) in [5.41, 5.74) is 11.1. The van der Waals surface area contributed by atoms with Crippen LogP contribution in [-0.2, 0) is 0 Å². The molecule has 0 saturated heterocycles. The zero-order valence-corrected chi connectivity index (χ0v) is 10.8. The van der Waals surface area contributed by atoms with Crippen molar-refractivity contribution in [2.45, 2.75) is 6.92 Å². The molecule has 4 rings (SSSR count). The van der Waals surface area contributed by atoms with Crippen molar-refractivity contribution >= 4 is 28.1 Å². The Hall–Kier alpha value is -2.82. The molecule has 0 spiro atoms. The summed E-state index contributed by atoms with van der Waals surface area (Å²) in [7, 11) is 0. The van der Waals surface area contributed by atoms with Gasteiger partial charge in [0, 0.05) is 5.56 Å². The van der Waals surface area contributed by atoms with Gasteiger partial charge in [0.1, 0.15) is 11.3 Å². The Morgan fingerprint density at radius 1 is 1.15 bits per heavy atom. The number of aromatic nitrogens is 3. The molecule has 3 N–H and O–H groups in total. The molecule has 98 valence electrons. The number of benzene rings is 2. The van der Waals surface area contributed by atoms with Crippen LogP contribution in [0.5, 0.6) is 0 Å². The highest BCUT2D eigenvalue weighted by Gasteiger charge is 2.10. The van der Waals surface area contributed by atoms with Crippen molar-refractivity contribution in [1.82, 2.24) is 15.0 Å². The Morgan fingerprint density at radius 3 is 2.95 bits per heavy atom. The minimum Gasteiger partial charge on any atom is -0.424 e. The summed E-state index contributed by atoms with van der Waals surface area (Å²) < 4.78 is 5.37. The van der Waals surface area contributed by atoms with Crippen LogP contribution >= 0.6 is 0 Å². The fraction of sp³-hybridized carbons (Fsp3) is 0.0667. The third kappa shape index (κ3) is 1.56. The number of oxazole rings is 1. The number of nitrogens with one attached hydrogen (secondary N) is 1. The molecule has 2 aromatic heterocycles. The maximum Gasteiger partial charge on any atom is 0.293 e. The second-order valence-corrected chi connectivity index (χ2v) is 4.76. The van der Waals surface area contributed by atoms with E-state index in [0.717, 1.165) is 33.5 Å². The molecule has 2 aromatic carbocycles. The molecule has 0 unspecified atom stereocenters. The minimum absolute atomic E-state index is 0.186. The van der Waals surface area contributed by atoms with Gasteiger partial charge in [-0.3, -0.25) is 0 Å². The van der Waals surface area contributed by atoms with Crippen LogP contribution in [0, 0.1) is 6.92 Å². The Morgan fingerprint density at radius 2 is 2.05 bits per heavy atom. The van der Waals surface area contributed by atoms with Crippen LogP contribution in [0.1, 0.15) is 5.82 Å². The monoisotopic (exact) mass is 264 g/mol. The predicted octanol–water partition coefficient (Wildman–Crippen LogP) is 3.26. The van der Waals surface area contributed by atoms with Crippen LogP contribution < -0.4 is 5.73 Å². The zero-order valence-electron chi connectivity index (χ0n) is 10.8.